The van der Waals surface area contributed by atoms with Crippen molar-refractivity contribution < 1.29 is 13.2 Å². The zero-order valence-electron chi connectivity index (χ0n) is 10.3. The lowest BCUT2D eigenvalue weighted by atomic mass is 10.3. The summed E-state index contributed by atoms with van der Waals surface area (Å²) in [7, 11) is -3.52. The highest BCUT2D eigenvalue weighted by molar-refractivity contribution is 7.89. The minimum Gasteiger partial charge on any atom is -0.371 e. The SMILES string of the molecule is Cc1[nH]ncc1S(=O)(=O)N1CC(C)OC(CCl)C1. The lowest BCUT2D eigenvalue weighted by Gasteiger charge is -2.35. The summed E-state index contributed by atoms with van der Waals surface area (Å²) in [6.07, 6.45) is 0.905. The number of aromatic nitrogens is 2. The summed E-state index contributed by atoms with van der Waals surface area (Å²) in [5.41, 5.74) is 0.538. The standard InChI is InChI=1S/C10H16ClN3O3S/c1-7-5-14(6-9(3-11)17-7)18(15,16)10-4-12-13-8(10)2/h4,7,9H,3,5-6H2,1-2H3,(H,12,13). The predicted molar refractivity (Wildman–Crippen MR) is 67.1 cm³/mol. The van der Waals surface area contributed by atoms with Crippen LogP contribution in [0, 0.1) is 6.92 Å². The Morgan fingerprint density at radius 1 is 1.61 bits per heavy atom. The Labute approximate surface area is 111 Å². The number of rotatable bonds is 3. The van der Waals surface area contributed by atoms with Crippen molar-refractivity contribution in [3.8, 4) is 0 Å². The van der Waals surface area contributed by atoms with Crippen molar-refractivity contribution in [2.75, 3.05) is 19.0 Å². The van der Waals surface area contributed by atoms with E-state index in [4.69, 9.17) is 16.3 Å². The van der Waals surface area contributed by atoms with E-state index in [-0.39, 0.29) is 29.5 Å². The normalized spacial score (nSPS) is 26.4. The number of sulfonamides is 1. The molecule has 0 radical (unpaired) electrons. The zero-order chi connectivity index (χ0) is 13.3. The Bertz CT molecular complexity index is 516. The number of halogens is 1. The van der Waals surface area contributed by atoms with E-state index in [1.807, 2.05) is 6.92 Å². The van der Waals surface area contributed by atoms with Gasteiger partial charge in [0.2, 0.25) is 10.0 Å². The number of hydrogen-bond acceptors (Lipinski definition) is 4. The molecule has 2 rings (SSSR count). The van der Waals surface area contributed by atoms with Crippen molar-refractivity contribution in [1.29, 1.82) is 0 Å². The van der Waals surface area contributed by atoms with E-state index in [0.717, 1.165) is 0 Å². The molecule has 6 nitrogen and oxygen atoms in total. The Morgan fingerprint density at radius 2 is 2.33 bits per heavy atom. The average molecular weight is 294 g/mol. The molecule has 1 N–H and O–H groups in total. The van der Waals surface area contributed by atoms with E-state index >= 15 is 0 Å². The third-order valence-electron chi connectivity index (χ3n) is 2.87. The van der Waals surface area contributed by atoms with Crippen molar-refractivity contribution >= 4 is 21.6 Å². The second-order valence-corrected chi connectivity index (χ2v) is 6.62. The van der Waals surface area contributed by atoms with Crippen LogP contribution < -0.4 is 0 Å². The lowest BCUT2D eigenvalue weighted by Crippen LogP contribution is -2.49. The maximum atomic E-state index is 12.4. The van der Waals surface area contributed by atoms with Crippen LogP contribution in [0.25, 0.3) is 0 Å². The third kappa shape index (κ3) is 2.54. The van der Waals surface area contributed by atoms with E-state index in [1.54, 1.807) is 6.92 Å². The van der Waals surface area contributed by atoms with Crippen molar-refractivity contribution in [2.24, 2.45) is 0 Å². The van der Waals surface area contributed by atoms with Crippen LogP contribution in [0.15, 0.2) is 11.1 Å². The van der Waals surface area contributed by atoms with Crippen molar-refractivity contribution in [3.63, 3.8) is 0 Å². The van der Waals surface area contributed by atoms with E-state index < -0.39 is 10.0 Å². The Hall–Kier alpha value is -0.630. The van der Waals surface area contributed by atoms with Crippen LogP contribution in [-0.4, -0.2) is 54.1 Å². The Morgan fingerprint density at radius 3 is 2.89 bits per heavy atom. The molecule has 0 saturated carbocycles. The molecule has 18 heavy (non-hydrogen) atoms. The van der Waals surface area contributed by atoms with E-state index in [0.29, 0.717) is 12.2 Å². The maximum absolute atomic E-state index is 12.4. The number of alkyl halides is 1. The van der Waals surface area contributed by atoms with Crippen molar-refractivity contribution in [3.05, 3.63) is 11.9 Å². The van der Waals surface area contributed by atoms with E-state index in [9.17, 15) is 8.42 Å². The van der Waals surface area contributed by atoms with Gasteiger partial charge in [0.15, 0.2) is 0 Å². The molecule has 2 atom stereocenters. The van der Waals surface area contributed by atoms with Gasteiger partial charge in [-0.25, -0.2) is 8.42 Å². The average Bonchev–Trinajstić information content (AvgIpc) is 2.75. The Balaban J connectivity index is 2.28. The van der Waals surface area contributed by atoms with Crippen LogP contribution in [-0.2, 0) is 14.8 Å². The number of ether oxygens (including phenoxy) is 1. The van der Waals surface area contributed by atoms with Gasteiger partial charge < -0.3 is 4.74 Å². The topological polar surface area (TPSA) is 75.3 Å². The maximum Gasteiger partial charge on any atom is 0.246 e. The minimum absolute atomic E-state index is 0.163. The van der Waals surface area contributed by atoms with Crippen LogP contribution in [0.3, 0.4) is 0 Å². The fourth-order valence-electron chi connectivity index (χ4n) is 2.02. The summed E-state index contributed by atoms with van der Waals surface area (Å²) in [5, 5.41) is 6.39. The monoisotopic (exact) mass is 293 g/mol. The highest BCUT2D eigenvalue weighted by Crippen LogP contribution is 2.22. The third-order valence-corrected chi connectivity index (χ3v) is 5.16. The smallest absolute Gasteiger partial charge is 0.246 e. The molecule has 1 aliphatic rings. The van der Waals surface area contributed by atoms with E-state index in [2.05, 4.69) is 10.2 Å². The number of morpholine rings is 1. The Kier molecular flexibility index (Phi) is 3.96. The fourth-order valence-corrected chi connectivity index (χ4v) is 3.86. The minimum atomic E-state index is -3.52. The van der Waals surface area contributed by atoms with Gasteiger partial charge in [-0.05, 0) is 13.8 Å². The first-order valence-electron chi connectivity index (χ1n) is 5.66. The largest absolute Gasteiger partial charge is 0.371 e. The number of nitrogens with zero attached hydrogens (tertiary/aromatic N) is 2. The molecule has 1 saturated heterocycles. The summed E-state index contributed by atoms with van der Waals surface area (Å²) < 4.78 is 31.8. The van der Waals surface area contributed by atoms with Crippen LogP contribution in [0.1, 0.15) is 12.6 Å². The number of aromatic amines is 1. The van der Waals surface area contributed by atoms with Gasteiger partial charge in [-0.3, -0.25) is 5.10 Å². The lowest BCUT2D eigenvalue weighted by molar-refractivity contribution is -0.0423. The quantitative estimate of drug-likeness (QED) is 0.834. The van der Waals surface area contributed by atoms with Gasteiger partial charge in [0.05, 0.1) is 24.1 Å². The first-order valence-corrected chi connectivity index (χ1v) is 7.64. The van der Waals surface area contributed by atoms with Crippen LogP contribution in [0.2, 0.25) is 0 Å². The number of H-pyrrole nitrogens is 1. The molecule has 0 aromatic carbocycles. The summed E-state index contributed by atoms with van der Waals surface area (Å²) in [5.74, 6) is 0.279. The van der Waals surface area contributed by atoms with Gasteiger partial charge in [-0.15, -0.1) is 11.6 Å². The molecule has 8 heteroatoms. The van der Waals surface area contributed by atoms with Gasteiger partial charge in [-0.1, -0.05) is 0 Å². The van der Waals surface area contributed by atoms with Gasteiger partial charge in [0.1, 0.15) is 4.90 Å². The molecular weight excluding hydrogens is 278 g/mol. The van der Waals surface area contributed by atoms with Crippen LogP contribution in [0.5, 0.6) is 0 Å². The highest BCUT2D eigenvalue weighted by atomic mass is 35.5. The molecule has 1 aliphatic heterocycles. The van der Waals surface area contributed by atoms with E-state index in [1.165, 1.54) is 10.5 Å². The second-order valence-electron chi connectivity index (χ2n) is 4.40. The van der Waals surface area contributed by atoms with Gasteiger partial charge in [0, 0.05) is 19.0 Å². The van der Waals surface area contributed by atoms with Crippen molar-refractivity contribution in [1.82, 2.24) is 14.5 Å². The van der Waals surface area contributed by atoms with Crippen molar-refractivity contribution in [2.45, 2.75) is 31.0 Å². The first-order chi connectivity index (χ1) is 8.45. The van der Waals surface area contributed by atoms with Gasteiger partial charge in [0.25, 0.3) is 0 Å². The molecule has 0 spiro atoms. The number of nitrogens with one attached hydrogen (secondary N) is 1. The summed E-state index contributed by atoms with van der Waals surface area (Å²) >= 11 is 5.75. The van der Waals surface area contributed by atoms with Crippen LogP contribution >= 0.6 is 11.6 Å². The number of aryl methyl sites for hydroxylation is 1. The molecule has 2 heterocycles. The molecule has 1 fully saturated rings. The van der Waals surface area contributed by atoms with Crippen LogP contribution in [0.4, 0.5) is 0 Å². The molecule has 102 valence electrons. The second kappa shape index (κ2) is 5.16. The molecule has 1 aromatic rings. The number of hydrogen-bond donors (Lipinski definition) is 1. The molecule has 0 aliphatic carbocycles. The molecule has 1 aromatic heterocycles. The van der Waals surface area contributed by atoms with Gasteiger partial charge >= 0.3 is 0 Å². The zero-order valence-corrected chi connectivity index (χ0v) is 11.8. The molecular formula is C10H16ClN3O3S. The summed E-state index contributed by atoms with van der Waals surface area (Å²) in [6.45, 7) is 4.13. The first kappa shape index (κ1) is 13.8. The molecule has 2 unspecified atom stereocenters. The van der Waals surface area contributed by atoms with Gasteiger partial charge in [-0.2, -0.15) is 9.40 Å². The predicted octanol–water partition coefficient (Wildman–Crippen LogP) is 0.735. The summed E-state index contributed by atoms with van der Waals surface area (Å²) in [6, 6.07) is 0. The molecule has 0 amide bonds. The highest BCUT2D eigenvalue weighted by Gasteiger charge is 2.34. The molecule has 0 bridgehead atoms. The summed E-state index contributed by atoms with van der Waals surface area (Å²) in [4.78, 5) is 0.213. The fraction of sp³-hybridized carbons (Fsp3) is 0.700.